The highest BCUT2D eigenvalue weighted by Crippen LogP contribution is 2.33. The number of carbonyl (C=O) groups is 4. The molecule has 2 atom stereocenters. The monoisotopic (exact) mass is 1240 g/mol. The van der Waals surface area contributed by atoms with Crippen LogP contribution >= 0.6 is 31.9 Å². The number of hydrogen-bond donors (Lipinski definition) is 4. The average Bonchev–Trinajstić information content (AvgIpc) is 3.28. The van der Waals surface area contributed by atoms with E-state index in [-0.39, 0.29) is 42.9 Å². The molecule has 83 heavy (non-hydrogen) atoms. The van der Waals surface area contributed by atoms with Crippen molar-refractivity contribution in [2.24, 2.45) is 0 Å². The van der Waals surface area contributed by atoms with E-state index in [1.54, 1.807) is 19.1 Å². The summed E-state index contributed by atoms with van der Waals surface area (Å²) in [6.07, 6.45) is 0. The Morgan fingerprint density at radius 2 is 0.867 bits per heavy atom. The fourth-order valence-corrected chi connectivity index (χ4v) is 10.8. The average molecular weight is 1240 g/mol. The zero-order chi connectivity index (χ0) is 58.8. The van der Waals surface area contributed by atoms with Crippen LogP contribution in [-0.4, -0.2) is 56.8 Å². The lowest BCUT2D eigenvalue weighted by molar-refractivity contribution is 0.0525. The molecular formula is C70H70Br2N4O7. The van der Waals surface area contributed by atoms with Gasteiger partial charge in [0, 0.05) is 73.5 Å². The van der Waals surface area contributed by atoms with Gasteiger partial charge in [0.15, 0.2) is 0 Å². The first-order valence-electron chi connectivity index (χ1n) is 27.0. The predicted octanol–water partition coefficient (Wildman–Crippen LogP) is 16.6. The van der Waals surface area contributed by atoms with Crippen LogP contribution < -0.4 is 10.6 Å². The van der Waals surface area contributed by atoms with Crippen LogP contribution in [0.5, 0.6) is 0 Å². The second kappa shape index (κ2) is 28.1. The molecule has 13 heteroatoms. The molecule has 426 valence electrons. The van der Waals surface area contributed by atoms with Crippen LogP contribution in [0, 0.1) is 27.7 Å². The highest BCUT2D eigenvalue weighted by atomic mass is 79.9. The predicted molar refractivity (Wildman–Crippen MR) is 343 cm³/mol. The number of amides is 2. The minimum atomic E-state index is -0.935. The second-order valence-corrected chi connectivity index (χ2v) is 21.9. The second-order valence-electron chi connectivity index (χ2n) is 20.0. The first-order valence-corrected chi connectivity index (χ1v) is 28.6. The molecule has 10 rings (SSSR count). The molecule has 2 amide bonds. The van der Waals surface area contributed by atoms with Crippen molar-refractivity contribution in [3.63, 3.8) is 0 Å². The zero-order valence-electron chi connectivity index (χ0n) is 47.2. The van der Waals surface area contributed by atoms with E-state index in [1.807, 2.05) is 153 Å². The van der Waals surface area contributed by atoms with Crippen molar-refractivity contribution in [3.05, 3.63) is 258 Å². The highest BCUT2D eigenvalue weighted by Gasteiger charge is 2.20. The number of esters is 1. The van der Waals surface area contributed by atoms with Gasteiger partial charge in [0.25, 0.3) is 11.8 Å². The molecule has 4 N–H and O–H groups in total. The van der Waals surface area contributed by atoms with Crippen molar-refractivity contribution in [2.75, 3.05) is 13.7 Å². The lowest BCUT2D eigenvalue weighted by Gasteiger charge is -2.15. The fourth-order valence-electron chi connectivity index (χ4n) is 10.2. The van der Waals surface area contributed by atoms with Gasteiger partial charge in [-0.15, -0.1) is 0 Å². The smallest absolute Gasteiger partial charge is 0.338 e. The van der Waals surface area contributed by atoms with Crippen LogP contribution in [-0.2, 0) is 17.8 Å². The molecular weight excluding hydrogens is 1170 g/mol. The number of hydrogen-bond acceptors (Lipinski definition) is 6. The van der Waals surface area contributed by atoms with Crippen molar-refractivity contribution in [1.82, 2.24) is 19.8 Å². The Labute approximate surface area is 503 Å². The normalized spacial score (nSPS) is 11.5. The van der Waals surface area contributed by atoms with Crippen molar-refractivity contribution < 1.29 is 34.1 Å². The molecule has 0 fully saturated rings. The summed E-state index contributed by atoms with van der Waals surface area (Å²) in [6.45, 7) is 15.9. The van der Waals surface area contributed by atoms with Crippen LogP contribution in [0.1, 0.15) is 126 Å². The number of aliphatic hydroxyl groups is 1. The molecule has 0 saturated heterocycles. The first kappa shape index (κ1) is 62.2. The SMILES string of the molecule is C.CCOC(=O)c1ccc(-c2ccccc2Cn2c(C)c(C)c3cc(C(=O)N[C@@H](C)c4ccc(Br)cc4)ccc32)cc1.CO.Cc1c(C)n(Cc2ccccc2-c2ccc(C(=O)O)cc2)c2ccc(C(=O)N[C@@H](C)c3ccc(Br)cc3)cc12. The van der Waals surface area contributed by atoms with Crippen molar-refractivity contribution in [3.8, 4) is 22.3 Å². The third-order valence-corrected chi connectivity index (χ3v) is 16.1. The molecule has 8 aromatic carbocycles. The van der Waals surface area contributed by atoms with E-state index in [0.29, 0.717) is 36.4 Å². The number of aryl methyl sites for hydroxylation is 2. The first-order chi connectivity index (χ1) is 39.5. The standard InChI is InChI=1S/C35H33BrN2O3.C33H29BrN2O3.CH4O.CH4/c1-5-41-35(40)27-12-10-26(11-13-27)31-9-7-6-8-29(31)21-38-24(4)22(2)32-20-28(16-19-33(32)38)34(39)37-23(3)25-14-17-30(36)18-15-25;1-20-22(3)36(19-27-6-4-5-7-29(27)24-8-10-25(11-9-24)33(38)39)31-17-14-26(18-30(20)31)32(37)35-21(2)23-12-15-28(34)16-13-23;1-2;/h6-20,23H,5,21H2,1-4H3,(H,37,39);4-18,21H,19H2,1-3H3,(H,35,37)(H,38,39);2H,1H3;1H4/t23-;21-;;/m00../s1. The molecule has 10 aromatic rings. The van der Waals surface area contributed by atoms with Crippen LogP contribution in [0.3, 0.4) is 0 Å². The Kier molecular flexibility index (Phi) is 21.1. The number of aliphatic hydroxyl groups excluding tert-OH is 1. The highest BCUT2D eigenvalue weighted by molar-refractivity contribution is 9.10. The van der Waals surface area contributed by atoms with Crippen molar-refractivity contribution in [2.45, 2.75) is 81.1 Å². The summed E-state index contributed by atoms with van der Waals surface area (Å²) in [7, 11) is 1.00. The number of carboxylic acid groups (broad SMARTS) is 1. The number of nitrogens with one attached hydrogen (secondary N) is 2. The maximum absolute atomic E-state index is 13.2. The molecule has 2 aromatic heterocycles. The number of carboxylic acids is 1. The van der Waals surface area contributed by atoms with Crippen molar-refractivity contribution in [1.29, 1.82) is 0 Å². The maximum Gasteiger partial charge on any atom is 0.338 e. The minimum absolute atomic E-state index is 0. The largest absolute Gasteiger partial charge is 0.478 e. The number of fused-ring (bicyclic) bond motifs is 2. The van der Waals surface area contributed by atoms with Crippen molar-refractivity contribution >= 4 is 77.4 Å². The number of benzene rings is 8. The number of ether oxygens (including phenoxy) is 1. The van der Waals surface area contributed by atoms with E-state index in [2.05, 4.69) is 110 Å². The fraction of sp³-hybridized carbons (Fsp3) is 0.200. The molecule has 0 spiro atoms. The summed E-state index contributed by atoms with van der Waals surface area (Å²) in [5.41, 5.74) is 17.4. The maximum atomic E-state index is 13.2. The summed E-state index contributed by atoms with van der Waals surface area (Å²) < 4.78 is 11.7. The summed E-state index contributed by atoms with van der Waals surface area (Å²) in [5.74, 6) is -1.44. The summed E-state index contributed by atoms with van der Waals surface area (Å²) in [4.78, 5) is 49.7. The Bertz CT molecular complexity index is 3920. The summed E-state index contributed by atoms with van der Waals surface area (Å²) in [5, 5.41) is 24.6. The van der Waals surface area contributed by atoms with E-state index in [9.17, 15) is 24.3 Å². The molecule has 0 aliphatic carbocycles. The van der Waals surface area contributed by atoms with Gasteiger partial charge in [-0.05, 0) is 189 Å². The zero-order valence-corrected chi connectivity index (χ0v) is 50.4. The Balaban J connectivity index is 0.000000229. The lowest BCUT2D eigenvalue weighted by Crippen LogP contribution is -2.26. The summed E-state index contributed by atoms with van der Waals surface area (Å²) >= 11 is 6.92. The van der Waals surface area contributed by atoms with Gasteiger partial charge in [0.1, 0.15) is 0 Å². The van der Waals surface area contributed by atoms with Gasteiger partial charge in [-0.1, -0.05) is 136 Å². The van der Waals surface area contributed by atoms with E-state index < -0.39 is 5.97 Å². The van der Waals surface area contributed by atoms with E-state index in [4.69, 9.17) is 9.84 Å². The van der Waals surface area contributed by atoms with Crippen LogP contribution in [0.4, 0.5) is 0 Å². The van der Waals surface area contributed by atoms with Gasteiger partial charge in [-0.3, -0.25) is 9.59 Å². The number of nitrogens with zero attached hydrogens (tertiary/aromatic N) is 2. The number of halogens is 2. The third kappa shape index (κ3) is 14.3. The summed E-state index contributed by atoms with van der Waals surface area (Å²) in [6, 6.07) is 58.6. The van der Waals surface area contributed by atoms with E-state index >= 15 is 0 Å². The van der Waals surface area contributed by atoms with Gasteiger partial charge in [-0.25, -0.2) is 9.59 Å². The Morgan fingerprint density at radius 3 is 1.24 bits per heavy atom. The molecule has 0 saturated carbocycles. The topological polar surface area (TPSA) is 152 Å². The number of aromatic nitrogens is 2. The van der Waals surface area contributed by atoms with Gasteiger partial charge in [0.05, 0.1) is 29.8 Å². The number of carbonyl (C=O) groups excluding carboxylic acids is 3. The molecule has 0 unspecified atom stereocenters. The number of rotatable bonds is 15. The number of aromatic carboxylic acids is 1. The third-order valence-electron chi connectivity index (χ3n) is 15.1. The molecule has 0 bridgehead atoms. The van der Waals surface area contributed by atoms with Crippen LogP contribution in [0.2, 0.25) is 0 Å². The quantitative estimate of drug-likeness (QED) is 0.0746. The molecule has 0 aliphatic rings. The Morgan fingerprint density at radius 1 is 0.506 bits per heavy atom. The van der Waals surface area contributed by atoms with Gasteiger partial charge >= 0.3 is 11.9 Å². The van der Waals surface area contributed by atoms with Crippen LogP contribution in [0.15, 0.2) is 191 Å². The molecule has 0 aliphatic heterocycles. The van der Waals surface area contributed by atoms with Gasteiger partial charge in [-0.2, -0.15) is 0 Å². The lowest BCUT2D eigenvalue weighted by atomic mass is 9.98. The van der Waals surface area contributed by atoms with Gasteiger partial charge in [0.2, 0.25) is 0 Å². The van der Waals surface area contributed by atoms with Crippen LogP contribution in [0.25, 0.3) is 44.1 Å². The molecule has 2 heterocycles. The Hall–Kier alpha value is -8.36. The van der Waals surface area contributed by atoms with E-state index in [0.717, 1.165) is 99.3 Å². The molecule has 11 nitrogen and oxygen atoms in total. The van der Waals surface area contributed by atoms with Gasteiger partial charge < -0.3 is 34.7 Å². The minimum Gasteiger partial charge on any atom is -0.478 e. The molecule has 0 radical (unpaired) electrons. The van der Waals surface area contributed by atoms with E-state index in [1.165, 1.54) is 5.56 Å².